The molecule has 1 aliphatic rings. The number of hydrogen-bond donors (Lipinski definition) is 1. The van der Waals surface area contributed by atoms with Crippen LogP contribution in [0.2, 0.25) is 0 Å². The molecule has 0 aliphatic heterocycles. The predicted octanol–water partition coefficient (Wildman–Crippen LogP) is 3.26. The van der Waals surface area contributed by atoms with Gasteiger partial charge in [-0.2, -0.15) is 5.26 Å². The maximum Gasteiger partial charge on any atom is 0.240 e. The fraction of sp³-hybridized carbons (Fsp3) is 0.867. The van der Waals surface area contributed by atoms with E-state index in [4.69, 9.17) is 5.26 Å². The summed E-state index contributed by atoms with van der Waals surface area (Å²) < 4.78 is 0. The molecule has 18 heavy (non-hydrogen) atoms. The highest BCUT2D eigenvalue weighted by atomic mass is 16.2. The van der Waals surface area contributed by atoms with E-state index in [1.807, 2.05) is 0 Å². The van der Waals surface area contributed by atoms with E-state index < -0.39 is 5.41 Å². The maximum absolute atomic E-state index is 12.1. The Morgan fingerprint density at radius 3 is 2.06 bits per heavy atom. The summed E-state index contributed by atoms with van der Waals surface area (Å²) >= 11 is 0. The van der Waals surface area contributed by atoms with Crippen molar-refractivity contribution >= 4 is 5.91 Å². The molecule has 0 aromatic heterocycles. The highest BCUT2D eigenvalue weighted by Gasteiger charge is 2.40. The van der Waals surface area contributed by atoms with Crippen LogP contribution in [-0.2, 0) is 4.79 Å². The second-order valence-corrected chi connectivity index (χ2v) is 7.82. The van der Waals surface area contributed by atoms with Gasteiger partial charge in [-0.3, -0.25) is 4.79 Å². The lowest BCUT2D eigenvalue weighted by atomic mass is 9.63. The molecule has 0 heterocycles. The summed E-state index contributed by atoms with van der Waals surface area (Å²) in [6.07, 6.45) is 3.15. The van der Waals surface area contributed by atoms with Crippen LogP contribution in [0.15, 0.2) is 0 Å². The molecule has 0 atom stereocenters. The van der Waals surface area contributed by atoms with Crippen molar-refractivity contribution in [3.05, 3.63) is 0 Å². The van der Waals surface area contributed by atoms with Crippen LogP contribution in [0.5, 0.6) is 0 Å². The van der Waals surface area contributed by atoms with E-state index in [2.05, 4.69) is 39.1 Å². The molecular formula is C15H26N2O. The minimum absolute atomic E-state index is 0.150. The molecule has 0 radical (unpaired) electrons. The van der Waals surface area contributed by atoms with Crippen LogP contribution in [-0.4, -0.2) is 11.9 Å². The average Bonchev–Trinajstić information content (AvgIpc) is 2.12. The first kappa shape index (κ1) is 15.0. The molecule has 1 rings (SSSR count). The molecule has 0 unspecified atom stereocenters. The number of nitriles is 1. The lowest BCUT2D eigenvalue weighted by Crippen LogP contribution is -2.49. The molecule has 0 saturated heterocycles. The normalized spacial score (nSPS) is 23.2. The minimum atomic E-state index is -0.939. The zero-order valence-electron chi connectivity index (χ0n) is 12.6. The van der Waals surface area contributed by atoms with Gasteiger partial charge < -0.3 is 5.32 Å². The average molecular weight is 250 g/mol. The number of amides is 1. The smallest absolute Gasteiger partial charge is 0.240 e. The molecule has 0 spiro atoms. The quantitative estimate of drug-likeness (QED) is 0.818. The SMILES string of the molecule is CC1(C)CC(NC(=O)C(C)(C)C#N)CC(C)(C)C1. The molecule has 0 aromatic carbocycles. The summed E-state index contributed by atoms with van der Waals surface area (Å²) in [5, 5.41) is 12.0. The first-order valence-corrected chi connectivity index (χ1v) is 6.70. The van der Waals surface area contributed by atoms with E-state index in [9.17, 15) is 4.79 Å². The second-order valence-electron chi connectivity index (χ2n) is 7.82. The van der Waals surface area contributed by atoms with E-state index in [0.717, 1.165) is 12.8 Å². The fourth-order valence-electron chi connectivity index (χ4n) is 3.36. The number of hydrogen-bond acceptors (Lipinski definition) is 2. The Hall–Kier alpha value is -1.04. The number of carbonyl (C=O) groups is 1. The van der Waals surface area contributed by atoms with Crippen LogP contribution >= 0.6 is 0 Å². The minimum Gasteiger partial charge on any atom is -0.352 e. The Morgan fingerprint density at radius 1 is 1.22 bits per heavy atom. The Kier molecular flexibility index (Phi) is 3.81. The van der Waals surface area contributed by atoms with Gasteiger partial charge in [0, 0.05) is 6.04 Å². The second kappa shape index (κ2) is 4.57. The standard InChI is InChI=1S/C15H26N2O/c1-13(2)7-11(8-14(3,4)9-13)17-12(18)15(5,6)10-16/h11H,7-9H2,1-6H3,(H,17,18). The van der Waals surface area contributed by atoms with Gasteiger partial charge in [-0.1, -0.05) is 27.7 Å². The summed E-state index contributed by atoms with van der Waals surface area (Å²) in [5.41, 5.74) is -0.446. The zero-order valence-corrected chi connectivity index (χ0v) is 12.6. The largest absolute Gasteiger partial charge is 0.352 e. The highest BCUT2D eigenvalue weighted by Crippen LogP contribution is 2.45. The van der Waals surface area contributed by atoms with Crippen molar-refractivity contribution in [3.63, 3.8) is 0 Å². The monoisotopic (exact) mass is 250 g/mol. The number of nitrogens with zero attached hydrogens (tertiary/aromatic N) is 1. The van der Waals surface area contributed by atoms with Crippen LogP contribution in [0.1, 0.15) is 60.8 Å². The van der Waals surface area contributed by atoms with Crippen LogP contribution in [0.4, 0.5) is 0 Å². The number of nitrogens with one attached hydrogen (secondary N) is 1. The third kappa shape index (κ3) is 3.73. The van der Waals surface area contributed by atoms with E-state index in [0.29, 0.717) is 0 Å². The van der Waals surface area contributed by atoms with Gasteiger partial charge >= 0.3 is 0 Å². The van der Waals surface area contributed by atoms with Gasteiger partial charge in [0.15, 0.2) is 0 Å². The van der Waals surface area contributed by atoms with Gasteiger partial charge in [0.25, 0.3) is 0 Å². The van der Waals surface area contributed by atoms with Crippen molar-refractivity contribution in [2.45, 2.75) is 66.8 Å². The van der Waals surface area contributed by atoms with Gasteiger partial charge in [0.2, 0.25) is 5.91 Å². The Balaban J connectivity index is 2.74. The van der Waals surface area contributed by atoms with Gasteiger partial charge in [0.05, 0.1) is 6.07 Å². The zero-order chi connectivity index (χ0) is 14.2. The molecule has 1 amide bonds. The summed E-state index contributed by atoms with van der Waals surface area (Å²) in [7, 11) is 0. The van der Waals surface area contributed by atoms with Crippen molar-refractivity contribution in [3.8, 4) is 6.07 Å². The lowest BCUT2D eigenvalue weighted by molar-refractivity contribution is -0.128. The molecular weight excluding hydrogens is 224 g/mol. The van der Waals surface area contributed by atoms with Crippen LogP contribution in [0.3, 0.4) is 0 Å². The fourth-order valence-corrected chi connectivity index (χ4v) is 3.36. The first-order chi connectivity index (χ1) is 7.97. The van der Waals surface area contributed by atoms with Crippen LogP contribution in [0.25, 0.3) is 0 Å². The molecule has 1 N–H and O–H groups in total. The molecule has 1 aliphatic carbocycles. The molecule has 1 fully saturated rings. The molecule has 102 valence electrons. The topological polar surface area (TPSA) is 52.9 Å². The van der Waals surface area contributed by atoms with Gasteiger partial charge in [-0.15, -0.1) is 0 Å². The Bertz CT molecular complexity index is 358. The predicted molar refractivity (Wildman–Crippen MR) is 72.7 cm³/mol. The number of rotatable bonds is 2. The molecule has 3 heteroatoms. The van der Waals surface area contributed by atoms with E-state index in [-0.39, 0.29) is 22.8 Å². The van der Waals surface area contributed by atoms with Crippen molar-refractivity contribution < 1.29 is 4.79 Å². The third-order valence-electron chi connectivity index (χ3n) is 3.74. The van der Waals surface area contributed by atoms with Crippen LogP contribution < -0.4 is 5.32 Å². The van der Waals surface area contributed by atoms with E-state index in [1.54, 1.807) is 13.8 Å². The molecule has 1 saturated carbocycles. The van der Waals surface area contributed by atoms with E-state index >= 15 is 0 Å². The summed E-state index contributed by atoms with van der Waals surface area (Å²) in [4.78, 5) is 12.1. The van der Waals surface area contributed by atoms with E-state index in [1.165, 1.54) is 6.42 Å². The lowest BCUT2D eigenvalue weighted by Gasteiger charge is -2.45. The van der Waals surface area contributed by atoms with Crippen molar-refractivity contribution in [2.75, 3.05) is 0 Å². The Morgan fingerprint density at radius 2 is 1.67 bits per heavy atom. The van der Waals surface area contributed by atoms with Gasteiger partial charge in [0.1, 0.15) is 5.41 Å². The summed E-state index contributed by atoms with van der Waals surface area (Å²) in [6, 6.07) is 2.24. The van der Waals surface area contributed by atoms with Gasteiger partial charge in [-0.25, -0.2) is 0 Å². The molecule has 3 nitrogen and oxygen atoms in total. The highest BCUT2D eigenvalue weighted by molar-refractivity contribution is 5.84. The molecule has 0 aromatic rings. The van der Waals surface area contributed by atoms with Crippen molar-refractivity contribution in [2.24, 2.45) is 16.2 Å². The first-order valence-electron chi connectivity index (χ1n) is 6.70. The van der Waals surface area contributed by atoms with Crippen molar-refractivity contribution in [1.29, 1.82) is 5.26 Å². The molecule has 0 bridgehead atoms. The van der Waals surface area contributed by atoms with Gasteiger partial charge in [-0.05, 0) is 43.9 Å². The summed E-state index contributed by atoms with van der Waals surface area (Å²) in [5.74, 6) is -0.150. The Labute approximate surface area is 111 Å². The third-order valence-corrected chi connectivity index (χ3v) is 3.74. The van der Waals surface area contributed by atoms with Crippen molar-refractivity contribution in [1.82, 2.24) is 5.32 Å². The summed E-state index contributed by atoms with van der Waals surface area (Å²) in [6.45, 7) is 12.3. The maximum atomic E-state index is 12.1. The number of carbonyl (C=O) groups excluding carboxylic acids is 1. The van der Waals surface area contributed by atoms with Crippen LogP contribution in [0, 0.1) is 27.6 Å².